The van der Waals surface area contributed by atoms with Crippen molar-refractivity contribution in [1.29, 1.82) is 5.26 Å². The number of rotatable bonds is 3. The van der Waals surface area contributed by atoms with E-state index in [-0.39, 0.29) is 22.8 Å². The summed E-state index contributed by atoms with van der Waals surface area (Å²) in [5.74, 6) is 0.332. The second-order valence-electron chi connectivity index (χ2n) is 6.28. The lowest BCUT2D eigenvalue weighted by atomic mass is 9.83. The van der Waals surface area contributed by atoms with E-state index < -0.39 is 11.5 Å². The van der Waals surface area contributed by atoms with Gasteiger partial charge in [-0.05, 0) is 34.1 Å². The number of fused-ring (bicyclic) bond motifs is 3. The highest BCUT2D eigenvalue weighted by Crippen LogP contribution is 2.47. The van der Waals surface area contributed by atoms with Gasteiger partial charge in [-0.25, -0.2) is 4.79 Å². The zero-order valence-electron chi connectivity index (χ0n) is 15.5. The second-order valence-corrected chi connectivity index (χ2v) is 7.14. The van der Waals surface area contributed by atoms with Gasteiger partial charge in [0.25, 0.3) is 0 Å². The van der Waals surface area contributed by atoms with Gasteiger partial charge in [-0.15, -0.1) is 0 Å². The number of hydrogen-bond donors (Lipinski definition) is 1. The van der Waals surface area contributed by atoms with E-state index in [1.165, 1.54) is 14.2 Å². The Hall–Kier alpha value is -3.44. The molecule has 0 fully saturated rings. The van der Waals surface area contributed by atoms with Gasteiger partial charge in [0, 0.05) is 11.6 Å². The highest BCUT2D eigenvalue weighted by Gasteiger charge is 2.37. The topological polar surface area (TPSA) is 108 Å². The quantitative estimate of drug-likeness (QED) is 0.599. The smallest absolute Gasteiger partial charge is 0.344 e. The minimum absolute atomic E-state index is 0.0743. The lowest BCUT2D eigenvalue weighted by Gasteiger charge is -2.27. The van der Waals surface area contributed by atoms with Crippen LogP contribution in [0.5, 0.6) is 17.2 Å². The van der Waals surface area contributed by atoms with Crippen LogP contribution < -0.4 is 25.6 Å². The van der Waals surface area contributed by atoms with Crippen LogP contribution in [0, 0.1) is 11.3 Å². The van der Waals surface area contributed by atoms with Crippen LogP contribution >= 0.6 is 15.9 Å². The van der Waals surface area contributed by atoms with Gasteiger partial charge in [0.2, 0.25) is 5.88 Å². The summed E-state index contributed by atoms with van der Waals surface area (Å²) in [6.07, 6.45) is 0. The molecule has 0 radical (unpaired) electrons. The summed E-state index contributed by atoms with van der Waals surface area (Å²) in [5.41, 5.74) is 6.66. The van der Waals surface area contributed by atoms with E-state index in [0.29, 0.717) is 32.5 Å². The summed E-state index contributed by atoms with van der Waals surface area (Å²) in [6.45, 7) is 0. The number of ether oxygens (including phenoxy) is 3. The van der Waals surface area contributed by atoms with Crippen LogP contribution in [-0.4, -0.2) is 14.2 Å². The maximum atomic E-state index is 12.9. The predicted octanol–water partition coefficient (Wildman–Crippen LogP) is 3.79. The number of para-hydroxylation sites is 1. The van der Waals surface area contributed by atoms with Crippen molar-refractivity contribution in [2.24, 2.45) is 5.73 Å². The molecule has 146 valence electrons. The van der Waals surface area contributed by atoms with Crippen molar-refractivity contribution < 1.29 is 18.6 Å². The molecule has 0 amide bonds. The average molecular weight is 455 g/mol. The number of hydrogen-bond acceptors (Lipinski definition) is 7. The summed E-state index contributed by atoms with van der Waals surface area (Å²) in [7, 11) is 3.02. The third-order valence-electron chi connectivity index (χ3n) is 4.79. The molecule has 1 unspecified atom stereocenters. The molecular formula is C21H15BrN2O5. The lowest BCUT2D eigenvalue weighted by Crippen LogP contribution is -2.26. The minimum Gasteiger partial charge on any atom is -0.496 e. The molecule has 0 bridgehead atoms. The van der Waals surface area contributed by atoms with Crippen molar-refractivity contribution >= 4 is 26.9 Å². The van der Waals surface area contributed by atoms with Crippen molar-refractivity contribution in [1.82, 2.24) is 0 Å². The van der Waals surface area contributed by atoms with Gasteiger partial charge >= 0.3 is 5.63 Å². The minimum atomic E-state index is -0.832. The van der Waals surface area contributed by atoms with Crippen LogP contribution in [0.1, 0.15) is 17.0 Å². The normalized spacial score (nSPS) is 15.4. The number of halogens is 1. The third kappa shape index (κ3) is 2.91. The van der Waals surface area contributed by atoms with Crippen molar-refractivity contribution in [3.8, 4) is 23.3 Å². The van der Waals surface area contributed by atoms with Crippen molar-refractivity contribution in [2.75, 3.05) is 14.2 Å². The Morgan fingerprint density at radius 3 is 2.59 bits per heavy atom. The highest BCUT2D eigenvalue weighted by molar-refractivity contribution is 9.10. The zero-order chi connectivity index (χ0) is 20.7. The summed E-state index contributed by atoms with van der Waals surface area (Å²) in [6, 6.07) is 12.4. The molecule has 0 spiro atoms. The Morgan fingerprint density at radius 1 is 1.17 bits per heavy atom. The molecule has 4 rings (SSSR count). The van der Waals surface area contributed by atoms with Gasteiger partial charge in [-0.2, -0.15) is 5.26 Å². The van der Waals surface area contributed by atoms with E-state index >= 15 is 0 Å². The van der Waals surface area contributed by atoms with Gasteiger partial charge in [0.1, 0.15) is 28.7 Å². The molecule has 1 aliphatic rings. The number of allylic oxidation sites excluding steroid dienone is 1. The van der Waals surface area contributed by atoms with E-state index in [1.807, 2.05) is 0 Å². The first kappa shape index (κ1) is 18.9. The fourth-order valence-corrected chi connectivity index (χ4v) is 4.01. The first-order chi connectivity index (χ1) is 14.0. The van der Waals surface area contributed by atoms with E-state index in [1.54, 1.807) is 36.4 Å². The maximum Gasteiger partial charge on any atom is 0.344 e. The molecule has 1 atom stereocenters. The van der Waals surface area contributed by atoms with E-state index in [0.717, 1.165) is 0 Å². The molecule has 0 saturated heterocycles. The van der Waals surface area contributed by atoms with E-state index in [4.69, 9.17) is 24.4 Å². The first-order valence-electron chi connectivity index (χ1n) is 8.54. The third-order valence-corrected chi connectivity index (χ3v) is 5.41. The lowest BCUT2D eigenvalue weighted by molar-refractivity contribution is 0.377. The molecule has 1 aliphatic heterocycles. The van der Waals surface area contributed by atoms with Gasteiger partial charge < -0.3 is 24.4 Å². The summed E-state index contributed by atoms with van der Waals surface area (Å²) >= 11 is 3.45. The fraction of sp³-hybridized carbons (Fsp3) is 0.143. The molecule has 0 aliphatic carbocycles. The standard InChI is InChI=1S/C21H15BrN2O5/c1-26-15-8-16(27-2)13(22)7-11(15)17-12(9-23)20(24)29-19-10-5-3-4-6-14(10)28-21(25)18(17)19/h3-8,17H,24H2,1-2H3. The second kappa shape index (κ2) is 7.18. The summed E-state index contributed by atoms with van der Waals surface area (Å²) in [4.78, 5) is 12.9. The number of benzene rings is 2. The van der Waals surface area contributed by atoms with Gasteiger partial charge in [-0.3, -0.25) is 0 Å². The van der Waals surface area contributed by atoms with E-state index in [9.17, 15) is 10.1 Å². The van der Waals surface area contributed by atoms with Crippen LogP contribution in [0.3, 0.4) is 0 Å². The Kier molecular flexibility index (Phi) is 4.68. The van der Waals surface area contributed by atoms with Crippen LogP contribution in [0.2, 0.25) is 0 Å². The Labute approximate surface area is 174 Å². The first-order valence-corrected chi connectivity index (χ1v) is 9.34. The van der Waals surface area contributed by atoms with Gasteiger partial charge in [0.15, 0.2) is 5.75 Å². The Morgan fingerprint density at radius 2 is 1.90 bits per heavy atom. The highest BCUT2D eigenvalue weighted by atomic mass is 79.9. The molecule has 29 heavy (non-hydrogen) atoms. The molecule has 2 N–H and O–H groups in total. The predicted molar refractivity (Wildman–Crippen MR) is 109 cm³/mol. The largest absolute Gasteiger partial charge is 0.496 e. The van der Waals surface area contributed by atoms with Crippen molar-refractivity contribution in [2.45, 2.75) is 5.92 Å². The van der Waals surface area contributed by atoms with Crippen LogP contribution in [0.4, 0.5) is 0 Å². The molecule has 2 aromatic carbocycles. The summed E-state index contributed by atoms with van der Waals surface area (Å²) < 4.78 is 22.7. The Balaban J connectivity index is 2.10. The summed E-state index contributed by atoms with van der Waals surface area (Å²) in [5, 5.41) is 10.4. The molecule has 3 aromatic rings. The molecule has 0 saturated carbocycles. The SMILES string of the molecule is COc1cc(OC)c(C2C(C#N)=C(N)Oc3c2c(=O)oc2ccccc32)cc1Br. The van der Waals surface area contributed by atoms with Crippen molar-refractivity contribution in [3.05, 3.63) is 73.9 Å². The average Bonchev–Trinajstić information content (AvgIpc) is 2.72. The van der Waals surface area contributed by atoms with Crippen LogP contribution in [0.15, 0.2) is 61.5 Å². The maximum absolute atomic E-state index is 12.9. The monoisotopic (exact) mass is 454 g/mol. The molecule has 7 nitrogen and oxygen atoms in total. The van der Waals surface area contributed by atoms with E-state index in [2.05, 4.69) is 22.0 Å². The van der Waals surface area contributed by atoms with Gasteiger partial charge in [-0.1, -0.05) is 12.1 Å². The van der Waals surface area contributed by atoms with Crippen LogP contribution in [-0.2, 0) is 0 Å². The number of methoxy groups -OCH3 is 2. The van der Waals surface area contributed by atoms with Crippen LogP contribution in [0.25, 0.3) is 11.0 Å². The molecule has 1 aromatic heterocycles. The molecule has 8 heteroatoms. The number of nitrogens with two attached hydrogens (primary N) is 1. The zero-order valence-corrected chi connectivity index (χ0v) is 17.1. The Bertz CT molecular complexity index is 1270. The molecular weight excluding hydrogens is 440 g/mol. The number of nitriles is 1. The number of nitrogens with zero attached hydrogens (tertiary/aromatic N) is 1. The molecule has 2 heterocycles. The fourth-order valence-electron chi connectivity index (χ4n) is 3.49. The van der Waals surface area contributed by atoms with Gasteiger partial charge in [0.05, 0.1) is 35.6 Å². The van der Waals surface area contributed by atoms with Crippen molar-refractivity contribution in [3.63, 3.8) is 0 Å².